The van der Waals surface area contributed by atoms with E-state index in [0.717, 1.165) is 11.3 Å². The standard InChI is InChI=1S/C16H25NO4/c1-12(2)17-16(3,15(18)19)8-9-21-14-7-5-6-13(10-14)11-20-4/h5-7,10,12,17H,8-9,11H2,1-4H3,(H,18,19). The van der Waals surface area contributed by atoms with E-state index < -0.39 is 11.5 Å². The van der Waals surface area contributed by atoms with Crippen LogP contribution in [0.3, 0.4) is 0 Å². The van der Waals surface area contributed by atoms with Gasteiger partial charge in [0.05, 0.1) is 13.2 Å². The number of carboxylic acid groups (broad SMARTS) is 1. The number of carbonyl (C=O) groups is 1. The van der Waals surface area contributed by atoms with Gasteiger partial charge in [-0.1, -0.05) is 12.1 Å². The minimum absolute atomic E-state index is 0.0936. The lowest BCUT2D eigenvalue weighted by molar-refractivity contribution is -0.145. The Kier molecular flexibility index (Phi) is 6.65. The van der Waals surface area contributed by atoms with Gasteiger partial charge in [0.2, 0.25) is 0 Å². The predicted octanol–water partition coefficient (Wildman–Crippen LogP) is 2.44. The van der Waals surface area contributed by atoms with Gasteiger partial charge in [-0.3, -0.25) is 10.1 Å². The van der Waals surface area contributed by atoms with Crippen molar-refractivity contribution < 1.29 is 19.4 Å². The highest BCUT2D eigenvalue weighted by atomic mass is 16.5. The monoisotopic (exact) mass is 295 g/mol. The minimum atomic E-state index is -0.988. The SMILES string of the molecule is COCc1cccc(OCCC(C)(NC(C)C)C(=O)O)c1. The lowest BCUT2D eigenvalue weighted by Gasteiger charge is -2.28. The Labute approximate surface area is 126 Å². The van der Waals surface area contributed by atoms with Crippen LogP contribution in [0.15, 0.2) is 24.3 Å². The van der Waals surface area contributed by atoms with Crippen molar-refractivity contribution >= 4 is 5.97 Å². The Morgan fingerprint density at radius 3 is 2.71 bits per heavy atom. The Balaban J connectivity index is 2.58. The van der Waals surface area contributed by atoms with Crippen molar-refractivity contribution in [3.63, 3.8) is 0 Å². The van der Waals surface area contributed by atoms with Crippen molar-refractivity contribution in [2.24, 2.45) is 0 Å². The van der Waals surface area contributed by atoms with Crippen LogP contribution in [-0.4, -0.2) is 36.4 Å². The maximum absolute atomic E-state index is 11.4. The van der Waals surface area contributed by atoms with Crippen molar-refractivity contribution in [3.8, 4) is 5.75 Å². The molecule has 0 aliphatic rings. The first-order valence-corrected chi connectivity index (χ1v) is 7.09. The molecule has 0 aliphatic carbocycles. The third kappa shape index (κ3) is 5.73. The molecule has 1 aromatic rings. The van der Waals surface area contributed by atoms with E-state index in [-0.39, 0.29) is 6.04 Å². The van der Waals surface area contributed by atoms with Crippen molar-refractivity contribution in [3.05, 3.63) is 29.8 Å². The van der Waals surface area contributed by atoms with Crippen LogP contribution in [0.4, 0.5) is 0 Å². The third-order valence-corrected chi connectivity index (χ3v) is 3.16. The summed E-state index contributed by atoms with van der Waals surface area (Å²) >= 11 is 0. The van der Waals surface area contributed by atoms with E-state index in [1.165, 1.54) is 0 Å². The van der Waals surface area contributed by atoms with Gasteiger partial charge in [0.15, 0.2) is 0 Å². The summed E-state index contributed by atoms with van der Waals surface area (Å²) in [5.41, 5.74) is 0.0366. The topological polar surface area (TPSA) is 67.8 Å². The first-order chi connectivity index (χ1) is 9.87. The van der Waals surface area contributed by atoms with Crippen LogP contribution in [0.25, 0.3) is 0 Å². The summed E-state index contributed by atoms with van der Waals surface area (Å²) in [6, 6.07) is 7.70. The van der Waals surface area contributed by atoms with E-state index in [2.05, 4.69) is 5.32 Å². The summed E-state index contributed by atoms with van der Waals surface area (Å²) in [5, 5.41) is 12.4. The van der Waals surface area contributed by atoms with E-state index >= 15 is 0 Å². The van der Waals surface area contributed by atoms with Gasteiger partial charge in [0.1, 0.15) is 11.3 Å². The number of methoxy groups -OCH3 is 1. The molecule has 0 radical (unpaired) electrons. The molecular weight excluding hydrogens is 270 g/mol. The summed E-state index contributed by atoms with van der Waals surface area (Å²) in [6.07, 6.45) is 0.384. The van der Waals surface area contributed by atoms with Crippen molar-refractivity contribution in [1.82, 2.24) is 5.32 Å². The van der Waals surface area contributed by atoms with Crippen molar-refractivity contribution in [2.75, 3.05) is 13.7 Å². The number of hydrogen-bond donors (Lipinski definition) is 2. The second-order valence-corrected chi connectivity index (χ2v) is 5.62. The largest absolute Gasteiger partial charge is 0.493 e. The maximum Gasteiger partial charge on any atom is 0.323 e. The predicted molar refractivity (Wildman–Crippen MR) is 81.6 cm³/mol. The Morgan fingerprint density at radius 2 is 2.14 bits per heavy atom. The number of carboxylic acids is 1. The van der Waals surface area contributed by atoms with Gasteiger partial charge in [-0.15, -0.1) is 0 Å². The van der Waals surface area contributed by atoms with E-state index in [4.69, 9.17) is 9.47 Å². The van der Waals surface area contributed by atoms with Crippen LogP contribution in [0.5, 0.6) is 5.75 Å². The average Bonchev–Trinajstić information content (AvgIpc) is 2.38. The second-order valence-electron chi connectivity index (χ2n) is 5.62. The van der Waals surface area contributed by atoms with Crippen LogP contribution < -0.4 is 10.1 Å². The lowest BCUT2D eigenvalue weighted by atomic mass is 9.97. The molecule has 0 bridgehead atoms. The van der Waals surface area contributed by atoms with Crippen LogP contribution >= 0.6 is 0 Å². The molecule has 0 amide bonds. The highest BCUT2D eigenvalue weighted by Crippen LogP contribution is 2.17. The molecule has 0 fully saturated rings. The van der Waals surface area contributed by atoms with Crippen LogP contribution in [0.1, 0.15) is 32.8 Å². The lowest BCUT2D eigenvalue weighted by Crippen LogP contribution is -2.53. The minimum Gasteiger partial charge on any atom is -0.493 e. The quantitative estimate of drug-likeness (QED) is 0.732. The molecular formula is C16H25NO4. The third-order valence-electron chi connectivity index (χ3n) is 3.16. The summed E-state index contributed by atoms with van der Waals surface area (Å²) in [7, 11) is 1.64. The molecule has 1 aromatic carbocycles. The van der Waals surface area contributed by atoms with Crippen molar-refractivity contribution in [1.29, 1.82) is 0 Å². The molecule has 0 heterocycles. The molecule has 0 spiro atoms. The number of aliphatic carboxylic acids is 1. The maximum atomic E-state index is 11.4. The fraction of sp³-hybridized carbons (Fsp3) is 0.562. The van der Waals surface area contributed by atoms with Crippen LogP contribution in [0.2, 0.25) is 0 Å². The summed E-state index contributed by atoms with van der Waals surface area (Å²) < 4.78 is 10.7. The van der Waals surface area contributed by atoms with Gasteiger partial charge >= 0.3 is 5.97 Å². The van der Waals surface area contributed by atoms with Gasteiger partial charge < -0.3 is 14.6 Å². The molecule has 5 nitrogen and oxygen atoms in total. The summed E-state index contributed by atoms with van der Waals surface area (Å²) in [4.78, 5) is 11.4. The zero-order valence-electron chi connectivity index (χ0n) is 13.2. The Bertz CT molecular complexity index is 461. The molecule has 2 N–H and O–H groups in total. The summed E-state index contributed by atoms with van der Waals surface area (Å²) in [6.45, 7) is 6.39. The molecule has 0 aliphatic heterocycles. The fourth-order valence-electron chi connectivity index (χ4n) is 2.14. The molecule has 0 saturated heterocycles. The molecule has 1 atom stereocenters. The highest BCUT2D eigenvalue weighted by Gasteiger charge is 2.33. The smallest absolute Gasteiger partial charge is 0.323 e. The number of hydrogen-bond acceptors (Lipinski definition) is 4. The van der Waals surface area contributed by atoms with Gasteiger partial charge in [-0.05, 0) is 38.5 Å². The van der Waals surface area contributed by atoms with Crippen LogP contribution in [-0.2, 0) is 16.1 Å². The van der Waals surface area contributed by atoms with E-state index in [0.29, 0.717) is 19.6 Å². The molecule has 5 heteroatoms. The molecule has 21 heavy (non-hydrogen) atoms. The first-order valence-electron chi connectivity index (χ1n) is 7.09. The van der Waals surface area contributed by atoms with Gasteiger partial charge in [-0.25, -0.2) is 0 Å². The molecule has 1 unspecified atom stereocenters. The second kappa shape index (κ2) is 8.00. The zero-order valence-corrected chi connectivity index (χ0v) is 13.2. The normalized spacial score (nSPS) is 14.0. The fourth-order valence-corrected chi connectivity index (χ4v) is 2.14. The van der Waals surface area contributed by atoms with Crippen LogP contribution in [0, 0.1) is 0 Å². The highest BCUT2D eigenvalue weighted by molar-refractivity contribution is 5.78. The number of benzene rings is 1. The van der Waals surface area contributed by atoms with Gasteiger partial charge in [0, 0.05) is 19.6 Å². The van der Waals surface area contributed by atoms with E-state index in [1.54, 1.807) is 14.0 Å². The average molecular weight is 295 g/mol. The van der Waals surface area contributed by atoms with Crippen molar-refractivity contribution in [2.45, 2.75) is 45.4 Å². The van der Waals surface area contributed by atoms with E-state index in [9.17, 15) is 9.90 Å². The first kappa shape index (κ1) is 17.5. The van der Waals surface area contributed by atoms with Gasteiger partial charge in [-0.2, -0.15) is 0 Å². The zero-order chi connectivity index (χ0) is 15.9. The molecule has 1 rings (SSSR count). The number of nitrogens with one attached hydrogen (secondary N) is 1. The number of rotatable bonds is 9. The molecule has 0 aromatic heterocycles. The Hall–Kier alpha value is -1.59. The van der Waals surface area contributed by atoms with Gasteiger partial charge in [0.25, 0.3) is 0 Å². The number of ether oxygens (including phenoxy) is 2. The Morgan fingerprint density at radius 1 is 1.43 bits per heavy atom. The van der Waals surface area contributed by atoms with E-state index in [1.807, 2.05) is 38.1 Å². The molecule has 0 saturated carbocycles. The summed E-state index contributed by atoms with van der Waals surface area (Å²) in [5.74, 6) is -0.144. The molecule has 118 valence electrons.